The summed E-state index contributed by atoms with van der Waals surface area (Å²) >= 11 is 3.32. The Morgan fingerprint density at radius 3 is 2.12 bits per heavy atom. The van der Waals surface area contributed by atoms with Gasteiger partial charge in [0.25, 0.3) is 15.9 Å². The lowest BCUT2D eigenvalue weighted by molar-refractivity contribution is -0.119. The normalized spacial score (nSPS) is 11.3. The molecule has 0 saturated carbocycles. The second-order valence-corrected chi connectivity index (χ2v) is 11.8. The molecule has 0 spiro atoms. The molecule has 0 saturated heterocycles. The first-order valence-electron chi connectivity index (χ1n) is 12.9. The van der Waals surface area contributed by atoms with Gasteiger partial charge in [0.05, 0.1) is 23.4 Å². The Morgan fingerprint density at radius 1 is 0.878 bits per heavy atom. The number of nitrogens with one attached hydrogen (secondary N) is 1. The first kappa shape index (κ1) is 29.8. The average molecular weight is 637 g/mol. The monoisotopic (exact) mass is 635 g/mol. The molecular formula is C31H30BrN3O5S. The highest BCUT2D eigenvalue weighted by Crippen LogP contribution is 2.26. The van der Waals surface area contributed by atoms with Gasteiger partial charge in [-0.1, -0.05) is 45.8 Å². The number of carbonyl (C=O) groups excluding carboxylic acids is 1. The molecule has 0 aromatic heterocycles. The van der Waals surface area contributed by atoms with Crippen LogP contribution in [0.5, 0.6) is 11.5 Å². The molecule has 0 fully saturated rings. The summed E-state index contributed by atoms with van der Waals surface area (Å²) in [5.74, 6) is 0.697. The van der Waals surface area contributed by atoms with Crippen molar-refractivity contribution in [3.63, 3.8) is 0 Å². The molecule has 4 rings (SSSR count). The van der Waals surface area contributed by atoms with E-state index in [0.29, 0.717) is 30.4 Å². The minimum Gasteiger partial charge on any atom is -0.494 e. The smallest absolute Gasteiger partial charge is 0.264 e. The number of rotatable bonds is 12. The van der Waals surface area contributed by atoms with Gasteiger partial charge < -0.3 is 9.47 Å². The topological polar surface area (TPSA) is 97.3 Å². The molecule has 1 amide bonds. The summed E-state index contributed by atoms with van der Waals surface area (Å²) in [4.78, 5) is 12.9. The predicted molar refractivity (Wildman–Crippen MR) is 164 cm³/mol. The van der Waals surface area contributed by atoms with E-state index in [1.165, 1.54) is 23.9 Å². The van der Waals surface area contributed by atoms with E-state index in [1.807, 2.05) is 62.4 Å². The lowest BCUT2D eigenvalue weighted by atomic mass is 10.2. The first-order valence-corrected chi connectivity index (χ1v) is 15.1. The quantitative estimate of drug-likeness (QED) is 0.150. The summed E-state index contributed by atoms with van der Waals surface area (Å²) in [5, 5.41) is 4.01. The van der Waals surface area contributed by atoms with Gasteiger partial charge in [-0.2, -0.15) is 5.10 Å². The van der Waals surface area contributed by atoms with Crippen molar-refractivity contribution in [2.75, 3.05) is 17.5 Å². The van der Waals surface area contributed by atoms with Gasteiger partial charge in [-0.05, 0) is 97.8 Å². The highest BCUT2D eigenvalue weighted by Gasteiger charge is 2.27. The zero-order valence-corrected chi connectivity index (χ0v) is 25.1. The van der Waals surface area contributed by atoms with Crippen molar-refractivity contribution in [1.29, 1.82) is 0 Å². The number of ether oxygens (including phenoxy) is 2. The SMILES string of the molecule is CCOc1ccc(N(CC(=O)N/N=C\c2ccc(OCc3ccc(C)cc3)cc2)S(=O)(=O)c2ccc(Br)cc2)cc1. The zero-order valence-electron chi connectivity index (χ0n) is 22.7. The lowest BCUT2D eigenvalue weighted by Gasteiger charge is -2.24. The van der Waals surface area contributed by atoms with Gasteiger partial charge in [-0.3, -0.25) is 9.10 Å². The Morgan fingerprint density at radius 2 is 1.49 bits per heavy atom. The molecule has 4 aromatic carbocycles. The van der Waals surface area contributed by atoms with Crippen molar-refractivity contribution < 1.29 is 22.7 Å². The highest BCUT2D eigenvalue weighted by atomic mass is 79.9. The third kappa shape index (κ3) is 8.42. The van der Waals surface area contributed by atoms with Crippen LogP contribution in [0.2, 0.25) is 0 Å². The third-order valence-electron chi connectivity index (χ3n) is 5.93. The first-order chi connectivity index (χ1) is 19.7. The van der Waals surface area contributed by atoms with Crippen LogP contribution in [0.4, 0.5) is 5.69 Å². The Labute approximate surface area is 248 Å². The van der Waals surface area contributed by atoms with Crippen molar-refractivity contribution >= 4 is 43.8 Å². The second-order valence-electron chi connectivity index (χ2n) is 9.03. The number of hydrogen-bond donors (Lipinski definition) is 1. The molecule has 4 aromatic rings. The van der Waals surface area contributed by atoms with E-state index < -0.39 is 22.5 Å². The summed E-state index contributed by atoms with van der Waals surface area (Å²) in [7, 11) is -4.06. The fourth-order valence-electron chi connectivity index (χ4n) is 3.77. The summed E-state index contributed by atoms with van der Waals surface area (Å²) in [5.41, 5.74) is 5.74. The van der Waals surface area contributed by atoms with Gasteiger partial charge in [0, 0.05) is 4.47 Å². The number of benzene rings is 4. The molecule has 10 heteroatoms. The molecule has 0 radical (unpaired) electrons. The number of sulfonamides is 1. The van der Waals surface area contributed by atoms with Crippen LogP contribution in [0.3, 0.4) is 0 Å². The van der Waals surface area contributed by atoms with Gasteiger partial charge in [-0.15, -0.1) is 0 Å². The number of carbonyl (C=O) groups is 1. The van der Waals surface area contributed by atoms with Crippen LogP contribution in [0.15, 0.2) is 112 Å². The van der Waals surface area contributed by atoms with E-state index in [4.69, 9.17) is 9.47 Å². The Bertz CT molecular complexity index is 1570. The Balaban J connectivity index is 1.41. The molecule has 0 atom stereocenters. The van der Waals surface area contributed by atoms with Crippen molar-refractivity contribution in [2.45, 2.75) is 25.3 Å². The van der Waals surface area contributed by atoms with Crippen molar-refractivity contribution in [1.82, 2.24) is 5.43 Å². The maximum atomic E-state index is 13.5. The van der Waals surface area contributed by atoms with Gasteiger partial charge in [0.2, 0.25) is 0 Å². The molecule has 0 bridgehead atoms. The maximum Gasteiger partial charge on any atom is 0.264 e. The molecule has 0 aliphatic carbocycles. The van der Waals surface area contributed by atoms with E-state index >= 15 is 0 Å². The standard InChI is InChI=1S/C31H30BrN3O5S/c1-3-39-28-16-12-27(13-17-28)35(41(37,38)30-18-10-26(32)11-19-30)21-31(36)34-33-20-24-8-14-29(15-9-24)40-22-25-6-4-23(2)5-7-25/h4-20H,3,21-22H2,1-2H3,(H,34,36)/b33-20-. The molecule has 8 nitrogen and oxygen atoms in total. The number of nitrogens with zero attached hydrogens (tertiary/aromatic N) is 2. The number of hydrazone groups is 1. The van der Waals surface area contributed by atoms with Crippen molar-refractivity contribution in [3.05, 3.63) is 118 Å². The van der Waals surface area contributed by atoms with Crippen LogP contribution >= 0.6 is 15.9 Å². The maximum absolute atomic E-state index is 13.5. The number of amides is 1. The van der Waals surface area contributed by atoms with Crippen molar-refractivity contribution in [2.24, 2.45) is 5.10 Å². The van der Waals surface area contributed by atoms with Crippen LogP contribution < -0.4 is 19.2 Å². The van der Waals surface area contributed by atoms with Crippen LogP contribution in [0.1, 0.15) is 23.6 Å². The van der Waals surface area contributed by atoms with Crippen LogP contribution in [0, 0.1) is 6.92 Å². The van der Waals surface area contributed by atoms with Crippen molar-refractivity contribution in [3.8, 4) is 11.5 Å². The third-order valence-corrected chi connectivity index (χ3v) is 8.25. The predicted octanol–water partition coefficient (Wildman–Crippen LogP) is 6.08. The van der Waals surface area contributed by atoms with E-state index in [-0.39, 0.29) is 4.90 Å². The number of hydrogen-bond acceptors (Lipinski definition) is 6. The van der Waals surface area contributed by atoms with Crippen LogP contribution in [-0.2, 0) is 21.4 Å². The van der Waals surface area contributed by atoms with Crippen LogP contribution in [0.25, 0.3) is 0 Å². The zero-order chi connectivity index (χ0) is 29.2. The largest absolute Gasteiger partial charge is 0.494 e. The van der Waals surface area contributed by atoms with Gasteiger partial charge in [-0.25, -0.2) is 13.8 Å². The lowest BCUT2D eigenvalue weighted by Crippen LogP contribution is -2.39. The minimum atomic E-state index is -4.06. The summed E-state index contributed by atoms with van der Waals surface area (Å²) in [6, 6.07) is 28.1. The fourth-order valence-corrected chi connectivity index (χ4v) is 5.46. The summed E-state index contributed by atoms with van der Waals surface area (Å²) < 4.78 is 40.1. The van der Waals surface area contributed by atoms with Gasteiger partial charge >= 0.3 is 0 Å². The van der Waals surface area contributed by atoms with E-state index in [0.717, 1.165) is 19.9 Å². The molecule has 41 heavy (non-hydrogen) atoms. The summed E-state index contributed by atoms with van der Waals surface area (Å²) in [6.07, 6.45) is 1.48. The van der Waals surface area contributed by atoms with E-state index in [9.17, 15) is 13.2 Å². The Kier molecular flexibility index (Phi) is 10.2. The van der Waals surface area contributed by atoms with E-state index in [2.05, 4.69) is 26.5 Å². The minimum absolute atomic E-state index is 0.0515. The molecule has 212 valence electrons. The second kappa shape index (κ2) is 14.0. The number of halogens is 1. The van der Waals surface area contributed by atoms with Crippen LogP contribution in [-0.4, -0.2) is 33.7 Å². The molecule has 1 N–H and O–H groups in total. The number of aryl methyl sites for hydroxylation is 1. The molecule has 0 heterocycles. The molecule has 0 aliphatic rings. The van der Waals surface area contributed by atoms with E-state index in [1.54, 1.807) is 36.4 Å². The van der Waals surface area contributed by atoms with Gasteiger partial charge in [0.15, 0.2) is 0 Å². The average Bonchev–Trinajstić information content (AvgIpc) is 2.97. The fraction of sp³-hybridized carbons (Fsp3) is 0.161. The Hall–Kier alpha value is -4.15. The number of anilines is 1. The molecular weight excluding hydrogens is 606 g/mol. The highest BCUT2D eigenvalue weighted by molar-refractivity contribution is 9.10. The van der Waals surface area contributed by atoms with Gasteiger partial charge in [0.1, 0.15) is 24.7 Å². The molecule has 0 unspecified atom stereocenters. The summed E-state index contributed by atoms with van der Waals surface area (Å²) in [6.45, 7) is 4.35. The molecule has 0 aliphatic heterocycles.